The van der Waals surface area contributed by atoms with E-state index in [4.69, 9.17) is 9.26 Å². The molecule has 4 nitrogen and oxygen atoms in total. The van der Waals surface area contributed by atoms with Gasteiger partial charge in [-0.05, 0) is 70.0 Å². The first-order valence-corrected chi connectivity index (χ1v) is 11.6. The molecule has 154 valence electrons. The predicted molar refractivity (Wildman–Crippen MR) is 116 cm³/mol. The lowest BCUT2D eigenvalue weighted by Crippen LogP contribution is -2.23. The van der Waals surface area contributed by atoms with Crippen molar-refractivity contribution in [3.63, 3.8) is 0 Å². The predicted octanol–water partition coefficient (Wildman–Crippen LogP) is 6.20. The highest BCUT2D eigenvalue weighted by atomic mass is 31.2. The molecule has 0 saturated carbocycles. The summed E-state index contributed by atoms with van der Waals surface area (Å²) in [5, 5.41) is 8.65. The van der Waals surface area contributed by atoms with Crippen LogP contribution in [0, 0.1) is 0 Å². The molecule has 0 amide bonds. The molecule has 1 unspecified atom stereocenters. The third-order valence-electron chi connectivity index (χ3n) is 4.85. The molecule has 0 fully saturated rings. The molecule has 0 aliphatic rings. The summed E-state index contributed by atoms with van der Waals surface area (Å²) in [7, 11) is -3.19. The molecule has 0 heterocycles. The maximum Gasteiger partial charge on any atom is 0.274 e. The minimum Gasteiger partial charge on any atom is -0.488 e. The second-order valence-corrected chi connectivity index (χ2v) is 12.3. The molecular weight excluding hydrogens is 371 g/mol. The first kappa shape index (κ1) is 22.5. The molecular formula is C23H33O4P. The van der Waals surface area contributed by atoms with Gasteiger partial charge < -0.3 is 14.4 Å². The highest BCUT2D eigenvalue weighted by Gasteiger charge is 2.36. The van der Waals surface area contributed by atoms with E-state index in [2.05, 4.69) is 26.0 Å². The zero-order valence-corrected chi connectivity index (χ0v) is 19.1. The summed E-state index contributed by atoms with van der Waals surface area (Å²) < 4.78 is 24.0. The van der Waals surface area contributed by atoms with Crippen LogP contribution in [-0.2, 0) is 9.98 Å². The standard InChI is InChI=1S/C23H33O4P/c1-21(2,3)26-19-13-9-17(10-14-19)22(4,5)18-11-15-20(16-12-18)27-28(8,25)23(6,7)24/h9-16,24H,1-8H3. The van der Waals surface area contributed by atoms with E-state index in [1.54, 1.807) is 12.1 Å². The van der Waals surface area contributed by atoms with Gasteiger partial charge in [-0.1, -0.05) is 38.1 Å². The number of benzene rings is 2. The van der Waals surface area contributed by atoms with Crippen molar-refractivity contribution in [1.29, 1.82) is 0 Å². The molecule has 0 aliphatic carbocycles. The lowest BCUT2D eigenvalue weighted by Gasteiger charge is -2.28. The van der Waals surface area contributed by atoms with Gasteiger partial charge in [0.2, 0.25) is 0 Å². The second kappa shape index (κ2) is 7.57. The average molecular weight is 404 g/mol. The van der Waals surface area contributed by atoms with Gasteiger partial charge in [0.25, 0.3) is 7.37 Å². The number of ether oxygens (including phenoxy) is 1. The van der Waals surface area contributed by atoms with Gasteiger partial charge in [-0.25, -0.2) is 0 Å². The molecule has 5 heteroatoms. The molecule has 2 aromatic carbocycles. The Hall–Kier alpha value is -1.77. The molecule has 0 aromatic heterocycles. The monoisotopic (exact) mass is 404 g/mol. The molecule has 1 N–H and O–H groups in total. The van der Waals surface area contributed by atoms with E-state index in [1.165, 1.54) is 26.1 Å². The van der Waals surface area contributed by atoms with E-state index in [0.717, 1.165) is 11.3 Å². The zero-order chi connectivity index (χ0) is 21.4. The number of hydrogen-bond acceptors (Lipinski definition) is 4. The maximum absolute atomic E-state index is 12.6. The Bertz CT molecular complexity index is 838. The SMILES string of the molecule is CC(C)(C)Oc1ccc(C(C)(C)c2ccc(OP(C)(=O)C(C)(C)O)cc2)cc1. The summed E-state index contributed by atoms with van der Waals surface area (Å²) in [6.45, 7) is 14.8. The van der Waals surface area contributed by atoms with Crippen molar-refractivity contribution in [2.75, 3.05) is 6.66 Å². The molecule has 2 aromatic rings. The second-order valence-electron chi connectivity index (χ2n) is 9.32. The van der Waals surface area contributed by atoms with E-state index in [0.29, 0.717) is 5.75 Å². The first-order valence-electron chi connectivity index (χ1n) is 9.51. The molecule has 0 saturated heterocycles. The topological polar surface area (TPSA) is 55.8 Å². The zero-order valence-electron chi connectivity index (χ0n) is 18.2. The van der Waals surface area contributed by atoms with Crippen LogP contribution in [0.25, 0.3) is 0 Å². The third-order valence-corrected chi connectivity index (χ3v) is 7.40. The summed E-state index contributed by atoms with van der Waals surface area (Å²) in [5.41, 5.74) is 1.83. The Labute approximate surface area is 169 Å². The fraction of sp³-hybridized carbons (Fsp3) is 0.478. The highest BCUT2D eigenvalue weighted by molar-refractivity contribution is 7.59. The van der Waals surface area contributed by atoms with E-state index in [9.17, 15) is 9.67 Å². The molecule has 28 heavy (non-hydrogen) atoms. The van der Waals surface area contributed by atoms with Gasteiger partial charge >= 0.3 is 0 Å². The van der Waals surface area contributed by atoms with Crippen LogP contribution in [0.2, 0.25) is 0 Å². The number of hydrogen-bond donors (Lipinski definition) is 1. The van der Waals surface area contributed by atoms with E-state index < -0.39 is 12.7 Å². The lowest BCUT2D eigenvalue weighted by molar-refractivity contribution is 0.131. The average Bonchev–Trinajstić information content (AvgIpc) is 2.53. The Morgan fingerprint density at radius 1 is 0.750 bits per heavy atom. The molecule has 1 atom stereocenters. The summed E-state index contributed by atoms with van der Waals surface area (Å²) in [4.78, 5) is 0. The third kappa shape index (κ3) is 5.40. The van der Waals surface area contributed by atoms with Crippen LogP contribution in [0.5, 0.6) is 11.5 Å². The lowest BCUT2D eigenvalue weighted by atomic mass is 9.78. The summed E-state index contributed by atoms with van der Waals surface area (Å²) in [6.07, 6.45) is 0. The number of rotatable bonds is 6. The van der Waals surface area contributed by atoms with Crippen LogP contribution in [0.3, 0.4) is 0 Å². The first-order chi connectivity index (χ1) is 12.6. The van der Waals surface area contributed by atoms with Crippen molar-refractivity contribution in [1.82, 2.24) is 0 Å². The van der Waals surface area contributed by atoms with Gasteiger partial charge in [-0.15, -0.1) is 0 Å². The van der Waals surface area contributed by atoms with Gasteiger partial charge in [-0.3, -0.25) is 4.57 Å². The normalized spacial score (nSPS) is 15.0. The van der Waals surface area contributed by atoms with Crippen molar-refractivity contribution in [3.05, 3.63) is 59.7 Å². The minimum absolute atomic E-state index is 0.217. The van der Waals surface area contributed by atoms with Crippen molar-refractivity contribution in [3.8, 4) is 11.5 Å². The molecule has 0 radical (unpaired) electrons. The smallest absolute Gasteiger partial charge is 0.274 e. The molecule has 0 aliphatic heterocycles. The van der Waals surface area contributed by atoms with Crippen LogP contribution in [-0.4, -0.2) is 22.7 Å². The fourth-order valence-corrected chi connectivity index (χ4v) is 3.45. The maximum atomic E-state index is 12.6. The van der Waals surface area contributed by atoms with Crippen molar-refractivity contribution < 1.29 is 18.9 Å². The van der Waals surface area contributed by atoms with Crippen LogP contribution < -0.4 is 9.26 Å². The van der Waals surface area contributed by atoms with Gasteiger partial charge in [0.05, 0.1) is 0 Å². The van der Waals surface area contributed by atoms with Crippen LogP contribution >= 0.6 is 7.37 Å². The molecule has 0 spiro atoms. The van der Waals surface area contributed by atoms with Crippen LogP contribution in [0.4, 0.5) is 0 Å². The number of aliphatic hydroxyl groups is 1. The minimum atomic E-state index is -3.19. The van der Waals surface area contributed by atoms with E-state index in [1.807, 2.05) is 45.0 Å². The van der Waals surface area contributed by atoms with Crippen molar-refractivity contribution in [2.45, 2.75) is 64.8 Å². The Morgan fingerprint density at radius 2 is 1.14 bits per heavy atom. The van der Waals surface area contributed by atoms with Gasteiger partial charge in [0.15, 0.2) is 0 Å². The van der Waals surface area contributed by atoms with E-state index >= 15 is 0 Å². The largest absolute Gasteiger partial charge is 0.488 e. The fourth-order valence-electron chi connectivity index (χ4n) is 2.71. The quantitative estimate of drug-likeness (QED) is 0.582. The highest BCUT2D eigenvalue weighted by Crippen LogP contribution is 2.53. The summed E-state index contributed by atoms with van der Waals surface area (Å²) in [5.74, 6) is 1.34. The Morgan fingerprint density at radius 3 is 1.50 bits per heavy atom. The van der Waals surface area contributed by atoms with Gasteiger partial charge in [-0.2, -0.15) is 0 Å². The van der Waals surface area contributed by atoms with Crippen molar-refractivity contribution in [2.24, 2.45) is 0 Å². The van der Waals surface area contributed by atoms with E-state index in [-0.39, 0.29) is 11.0 Å². The summed E-state index contributed by atoms with van der Waals surface area (Å²) in [6, 6.07) is 15.7. The Kier molecular flexibility index (Phi) is 6.09. The van der Waals surface area contributed by atoms with Gasteiger partial charge in [0, 0.05) is 12.1 Å². The van der Waals surface area contributed by atoms with Crippen molar-refractivity contribution >= 4 is 7.37 Å². The summed E-state index contributed by atoms with van der Waals surface area (Å²) >= 11 is 0. The molecule has 0 bridgehead atoms. The van der Waals surface area contributed by atoms with Gasteiger partial charge in [0.1, 0.15) is 22.4 Å². The molecule has 2 rings (SSSR count). The Balaban J connectivity index is 2.21. The van der Waals surface area contributed by atoms with Crippen LogP contribution in [0.15, 0.2) is 48.5 Å². The van der Waals surface area contributed by atoms with Crippen LogP contribution in [0.1, 0.15) is 59.6 Å².